The highest BCUT2D eigenvalue weighted by atomic mass is 16.6. The predicted molar refractivity (Wildman–Crippen MR) is 61.9 cm³/mol. The van der Waals surface area contributed by atoms with Crippen molar-refractivity contribution in [1.29, 1.82) is 0 Å². The van der Waals surface area contributed by atoms with Gasteiger partial charge >= 0.3 is 5.69 Å². The monoisotopic (exact) mass is 240 g/mol. The number of hydrogen-bond acceptors (Lipinski definition) is 5. The molecule has 7 heteroatoms. The lowest BCUT2D eigenvalue weighted by atomic mass is 9.97. The van der Waals surface area contributed by atoms with Gasteiger partial charge in [0.1, 0.15) is 6.20 Å². The molecule has 2 heterocycles. The number of piperidine rings is 1. The Kier molecular flexibility index (Phi) is 3.01. The van der Waals surface area contributed by atoms with E-state index in [0.29, 0.717) is 25.3 Å². The summed E-state index contributed by atoms with van der Waals surface area (Å²) in [4.78, 5) is 12.4. The van der Waals surface area contributed by atoms with E-state index in [-0.39, 0.29) is 17.7 Å². The van der Waals surface area contributed by atoms with Gasteiger partial charge in [0.2, 0.25) is 5.82 Å². The van der Waals surface area contributed by atoms with Gasteiger partial charge in [0.25, 0.3) is 0 Å². The summed E-state index contributed by atoms with van der Waals surface area (Å²) in [6, 6.07) is 0. The van der Waals surface area contributed by atoms with Gasteiger partial charge in [0.15, 0.2) is 0 Å². The molecule has 1 aliphatic rings. The van der Waals surface area contributed by atoms with Crippen LogP contribution in [-0.4, -0.2) is 39.0 Å². The molecule has 2 atom stereocenters. The molecule has 0 amide bonds. The lowest BCUT2D eigenvalue weighted by Gasteiger charge is -2.33. The van der Waals surface area contributed by atoms with Crippen molar-refractivity contribution in [1.82, 2.24) is 9.78 Å². The second-order valence-corrected chi connectivity index (χ2v) is 4.55. The van der Waals surface area contributed by atoms with Crippen molar-refractivity contribution in [3.05, 3.63) is 16.3 Å². The van der Waals surface area contributed by atoms with E-state index < -0.39 is 4.92 Å². The minimum absolute atomic E-state index is 0.0242. The summed E-state index contributed by atoms with van der Waals surface area (Å²) in [7, 11) is 1.67. The molecule has 2 unspecified atom stereocenters. The number of aliphatic hydroxyl groups excluding tert-OH is 1. The maximum absolute atomic E-state index is 10.9. The summed E-state index contributed by atoms with van der Waals surface area (Å²) in [6.45, 7) is 3.13. The molecule has 0 aromatic carbocycles. The zero-order valence-corrected chi connectivity index (χ0v) is 9.91. The van der Waals surface area contributed by atoms with Crippen molar-refractivity contribution >= 4 is 11.5 Å². The van der Waals surface area contributed by atoms with E-state index >= 15 is 0 Å². The van der Waals surface area contributed by atoms with Crippen molar-refractivity contribution < 1.29 is 10.0 Å². The molecule has 1 aromatic rings. The molecule has 94 valence electrons. The lowest BCUT2D eigenvalue weighted by Crippen LogP contribution is -2.42. The summed E-state index contributed by atoms with van der Waals surface area (Å²) in [5.41, 5.74) is 0.0242. The molecule has 0 spiro atoms. The van der Waals surface area contributed by atoms with Crippen molar-refractivity contribution in [2.24, 2.45) is 13.0 Å². The number of nitrogens with zero attached hydrogens (tertiary/aromatic N) is 4. The Labute approximate surface area is 98.8 Å². The topological polar surface area (TPSA) is 84.4 Å². The highest BCUT2D eigenvalue weighted by Crippen LogP contribution is 2.29. The van der Waals surface area contributed by atoms with Crippen LogP contribution in [-0.2, 0) is 7.05 Å². The van der Waals surface area contributed by atoms with Gasteiger partial charge in [-0.1, -0.05) is 6.92 Å². The zero-order valence-electron chi connectivity index (χ0n) is 9.91. The smallest absolute Gasteiger partial charge is 0.330 e. The third-order valence-electron chi connectivity index (χ3n) is 3.15. The Morgan fingerprint density at radius 2 is 2.35 bits per heavy atom. The Morgan fingerprint density at radius 3 is 2.94 bits per heavy atom. The van der Waals surface area contributed by atoms with Crippen LogP contribution in [0.4, 0.5) is 11.5 Å². The SMILES string of the molecule is CC1CN(c2nn(C)cc2[N+](=O)[O-])CCC1O. The fraction of sp³-hybridized carbons (Fsp3) is 0.700. The first-order chi connectivity index (χ1) is 7.99. The number of nitro groups is 1. The van der Waals surface area contributed by atoms with E-state index in [4.69, 9.17) is 0 Å². The van der Waals surface area contributed by atoms with Crippen molar-refractivity contribution in [2.45, 2.75) is 19.4 Å². The molecule has 0 saturated carbocycles. The summed E-state index contributed by atoms with van der Waals surface area (Å²) >= 11 is 0. The van der Waals surface area contributed by atoms with E-state index in [0.717, 1.165) is 0 Å². The van der Waals surface area contributed by atoms with E-state index in [1.807, 2.05) is 11.8 Å². The fourth-order valence-electron chi connectivity index (χ4n) is 2.14. The first-order valence-corrected chi connectivity index (χ1v) is 5.60. The van der Waals surface area contributed by atoms with Gasteiger partial charge in [-0.3, -0.25) is 14.8 Å². The molecule has 1 aliphatic heterocycles. The summed E-state index contributed by atoms with van der Waals surface area (Å²) in [5, 5.41) is 24.7. The van der Waals surface area contributed by atoms with Crippen LogP contribution < -0.4 is 4.90 Å². The molecule has 0 bridgehead atoms. The zero-order chi connectivity index (χ0) is 12.6. The molecular formula is C10H16N4O3. The van der Waals surface area contributed by atoms with Crippen molar-refractivity contribution in [3.63, 3.8) is 0 Å². The summed E-state index contributed by atoms with van der Waals surface area (Å²) < 4.78 is 1.45. The molecule has 1 aromatic heterocycles. The van der Waals surface area contributed by atoms with Crippen LogP contribution in [0.2, 0.25) is 0 Å². The Balaban J connectivity index is 2.25. The minimum Gasteiger partial charge on any atom is -0.393 e. The molecule has 1 fully saturated rings. The molecule has 2 rings (SSSR count). The van der Waals surface area contributed by atoms with Crippen LogP contribution in [0.25, 0.3) is 0 Å². The standard InChI is InChI=1S/C10H16N4O3/c1-7-5-13(4-3-9(7)15)10-8(14(16)17)6-12(2)11-10/h6-7,9,15H,3-5H2,1-2H3. The van der Waals surface area contributed by atoms with Crippen LogP contribution >= 0.6 is 0 Å². The largest absolute Gasteiger partial charge is 0.393 e. The van der Waals surface area contributed by atoms with Crippen LogP contribution in [0.3, 0.4) is 0 Å². The van der Waals surface area contributed by atoms with Crippen LogP contribution in [0.1, 0.15) is 13.3 Å². The molecule has 0 aliphatic carbocycles. The number of anilines is 1. The Hall–Kier alpha value is -1.63. The Bertz CT molecular complexity index is 431. The van der Waals surface area contributed by atoms with E-state index in [1.165, 1.54) is 10.9 Å². The van der Waals surface area contributed by atoms with E-state index in [1.54, 1.807) is 7.05 Å². The third kappa shape index (κ3) is 2.23. The number of aliphatic hydroxyl groups is 1. The highest BCUT2D eigenvalue weighted by molar-refractivity contribution is 5.57. The summed E-state index contributed by atoms with van der Waals surface area (Å²) in [5.74, 6) is 0.501. The van der Waals surface area contributed by atoms with Crippen LogP contribution in [0, 0.1) is 16.0 Å². The first kappa shape index (κ1) is 11.8. The highest BCUT2D eigenvalue weighted by Gasteiger charge is 2.30. The molecule has 1 N–H and O–H groups in total. The van der Waals surface area contributed by atoms with Gasteiger partial charge in [-0.2, -0.15) is 0 Å². The van der Waals surface area contributed by atoms with Crippen LogP contribution in [0.15, 0.2) is 6.20 Å². The van der Waals surface area contributed by atoms with Gasteiger partial charge < -0.3 is 10.0 Å². The minimum atomic E-state index is -0.419. The van der Waals surface area contributed by atoms with Crippen molar-refractivity contribution in [2.75, 3.05) is 18.0 Å². The maximum atomic E-state index is 10.9. The second-order valence-electron chi connectivity index (χ2n) is 4.55. The summed E-state index contributed by atoms with van der Waals surface area (Å²) in [6.07, 6.45) is 1.70. The van der Waals surface area contributed by atoms with Crippen molar-refractivity contribution in [3.8, 4) is 0 Å². The molecule has 17 heavy (non-hydrogen) atoms. The molecule has 7 nitrogen and oxygen atoms in total. The van der Waals surface area contributed by atoms with Gasteiger partial charge in [0.05, 0.1) is 11.0 Å². The van der Waals surface area contributed by atoms with Gasteiger partial charge in [0, 0.05) is 20.1 Å². The fourth-order valence-corrected chi connectivity index (χ4v) is 2.14. The number of aromatic nitrogens is 2. The Morgan fingerprint density at radius 1 is 1.65 bits per heavy atom. The average molecular weight is 240 g/mol. The number of aryl methyl sites for hydroxylation is 1. The first-order valence-electron chi connectivity index (χ1n) is 5.60. The number of hydrogen-bond donors (Lipinski definition) is 1. The van der Waals surface area contributed by atoms with E-state index in [2.05, 4.69) is 5.10 Å². The van der Waals surface area contributed by atoms with Gasteiger partial charge in [-0.05, 0) is 12.3 Å². The van der Waals surface area contributed by atoms with E-state index in [9.17, 15) is 15.2 Å². The quantitative estimate of drug-likeness (QED) is 0.602. The lowest BCUT2D eigenvalue weighted by molar-refractivity contribution is -0.384. The van der Waals surface area contributed by atoms with Gasteiger partial charge in [-0.15, -0.1) is 5.10 Å². The van der Waals surface area contributed by atoms with Gasteiger partial charge in [-0.25, -0.2) is 0 Å². The molecular weight excluding hydrogens is 224 g/mol. The van der Waals surface area contributed by atoms with Crippen LogP contribution in [0.5, 0.6) is 0 Å². The predicted octanol–water partition coefficient (Wildman–Crippen LogP) is 0.535. The molecule has 0 radical (unpaired) electrons. The average Bonchev–Trinajstić information content (AvgIpc) is 2.64. The maximum Gasteiger partial charge on any atom is 0.330 e. The number of rotatable bonds is 2. The molecule has 1 saturated heterocycles. The second kappa shape index (κ2) is 4.33. The normalized spacial score (nSPS) is 25.0. The third-order valence-corrected chi connectivity index (χ3v) is 3.15.